The third-order valence-electron chi connectivity index (χ3n) is 1.46. The van der Waals surface area contributed by atoms with Gasteiger partial charge < -0.3 is 10.2 Å². The Labute approximate surface area is 77.2 Å². The molecule has 0 bridgehead atoms. The summed E-state index contributed by atoms with van der Waals surface area (Å²) in [5, 5.41) is 26.1. The molecule has 0 radical (unpaired) electrons. The van der Waals surface area contributed by atoms with Gasteiger partial charge in [-0.2, -0.15) is 14.6 Å². The average Bonchev–Trinajstić information content (AvgIpc) is 2.74. The summed E-state index contributed by atoms with van der Waals surface area (Å²) >= 11 is 1.10. The van der Waals surface area contributed by atoms with Gasteiger partial charge in [0.2, 0.25) is 0 Å². The Bertz CT molecular complexity index is 383. The van der Waals surface area contributed by atoms with Crippen LogP contribution in [-0.4, -0.2) is 29.6 Å². The van der Waals surface area contributed by atoms with Crippen LogP contribution in [0.25, 0.3) is 5.00 Å². The van der Waals surface area contributed by atoms with Crippen LogP contribution in [0, 0.1) is 0 Å². The fourth-order valence-corrected chi connectivity index (χ4v) is 1.59. The fourth-order valence-electron chi connectivity index (χ4n) is 0.891. The van der Waals surface area contributed by atoms with E-state index in [1.807, 2.05) is 0 Å². The maximum atomic E-state index is 8.95. The molecule has 0 atom stereocenters. The molecule has 6 nitrogen and oxygen atoms in total. The molecule has 2 heterocycles. The second kappa shape index (κ2) is 3.21. The van der Waals surface area contributed by atoms with Crippen LogP contribution in [0.2, 0.25) is 0 Å². The van der Waals surface area contributed by atoms with Crippen LogP contribution in [0.1, 0.15) is 11.9 Å². The maximum absolute atomic E-state index is 8.95. The van der Waals surface area contributed by atoms with Gasteiger partial charge in [0, 0.05) is 0 Å². The van der Waals surface area contributed by atoms with E-state index in [9.17, 15) is 0 Å². The molecule has 0 spiro atoms. The number of hydrogen-bond acceptors (Lipinski definition) is 6. The lowest BCUT2D eigenvalue weighted by atomic mass is 10.3. The van der Waals surface area contributed by atoms with Gasteiger partial charge in [-0.15, -0.1) is 4.80 Å². The number of aliphatic hydroxyl groups excluding tert-OH is 1. The van der Waals surface area contributed by atoms with E-state index < -0.39 is 6.29 Å². The fraction of sp³-hybridized carbons (Fsp3) is 0.167. The Morgan fingerprint density at radius 3 is 2.62 bits per heavy atom. The highest BCUT2D eigenvalue weighted by molar-refractivity contribution is 7.08. The molecule has 0 amide bonds. The van der Waals surface area contributed by atoms with Crippen molar-refractivity contribution in [1.29, 1.82) is 0 Å². The third kappa shape index (κ3) is 1.44. The minimum atomic E-state index is -1.54. The smallest absolute Gasteiger partial charge is 0.183 e. The quantitative estimate of drug-likeness (QED) is 0.647. The van der Waals surface area contributed by atoms with Gasteiger partial charge >= 0.3 is 0 Å². The summed E-state index contributed by atoms with van der Waals surface area (Å²) < 4.78 is 3.82. The zero-order chi connectivity index (χ0) is 9.26. The van der Waals surface area contributed by atoms with Crippen molar-refractivity contribution >= 4 is 11.5 Å². The summed E-state index contributed by atoms with van der Waals surface area (Å²) in [5.41, 5.74) is 0.307. The number of rotatable bonds is 2. The first kappa shape index (κ1) is 8.30. The summed E-state index contributed by atoms with van der Waals surface area (Å²) in [6.45, 7) is 0. The van der Waals surface area contributed by atoms with Gasteiger partial charge in [0.15, 0.2) is 11.3 Å². The number of hydrogen-bond donors (Lipinski definition) is 2. The predicted octanol–water partition coefficient (Wildman–Crippen LogP) is -0.293. The van der Waals surface area contributed by atoms with Gasteiger partial charge in [0.25, 0.3) is 0 Å². The van der Waals surface area contributed by atoms with Crippen molar-refractivity contribution < 1.29 is 10.2 Å². The lowest BCUT2D eigenvalue weighted by Crippen LogP contribution is -2.02. The van der Waals surface area contributed by atoms with Crippen molar-refractivity contribution in [2.45, 2.75) is 6.29 Å². The molecule has 2 rings (SSSR count). The molecule has 0 aliphatic heterocycles. The Balaban J connectivity index is 2.46. The predicted molar refractivity (Wildman–Crippen MR) is 44.2 cm³/mol. The number of aliphatic hydroxyl groups is 2. The maximum Gasteiger partial charge on any atom is 0.183 e. The van der Waals surface area contributed by atoms with Crippen LogP contribution in [-0.2, 0) is 0 Å². The first-order chi connectivity index (χ1) is 6.29. The molecule has 0 fully saturated rings. The second-order valence-electron chi connectivity index (χ2n) is 2.28. The zero-order valence-electron chi connectivity index (χ0n) is 6.40. The Kier molecular flexibility index (Phi) is 2.05. The molecule has 0 aliphatic carbocycles. The molecule has 2 aromatic heterocycles. The largest absolute Gasteiger partial charge is 0.364 e. The van der Waals surface area contributed by atoms with Crippen LogP contribution in [0.5, 0.6) is 0 Å². The first-order valence-electron chi connectivity index (χ1n) is 3.46. The molecule has 13 heavy (non-hydrogen) atoms. The standard InChI is InChI=1S/C6H6N4O2S/c11-6(12)4-3-9-13-5(4)10-7-1-2-8-10/h1-3,6,11-12H. The van der Waals surface area contributed by atoms with Gasteiger partial charge in [0.1, 0.15) is 0 Å². The molecule has 2 N–H and O–H groups in total. The highest BCUT2D eigenvalue weighted by atomic mass is 32.1. The van der Waals surface area contributed by atoms with Crippen molar-refractivity contribution in [3.63, 3.8) is 0 Å². The average molecular weight is 198 g/mol. The van der Waals surface area contributed by atoms with Gasteiger partial charge in [-0.05, 0) is 11.5 Å². The number of aromatic nitrogens is 4. The third-order valence-corrected chi connectivity index (χ3v) is 2.24. The molecule has 68 valence electrons. The highest BCUT2D eigenvalue weighted by Gasteiger charge is 2.14. The van der Waals surface area contributed by atoms with Crippen LogP contribution < -0.4 is 0 Å². The van der Waals surface area contributed by atoms with Gasteiger partial charge in [-0.1, -0.05) is 0 Å². The normalized spacial score (nSPS) is 11.0. The summed E-state index contributed by atoms with van der Waals surface area (Å²) in [6, 6.07) is 0. The monoisotopic (exact) mass is 198 g/mol. The summed E-state index contributed by atoms with van der Waals surface area (Å²) in [4.78, 5) is 1.30. The summed E-state index contributed by atoms with van der Waals surface area (Å²) in [7, 11) is 0. The van der Waals surface area contributed by atoms with E-state index in [2.05, 4.69) is 14.6 Å². The van der Waals surface area contributed by atoms with E-state index in [0.717, 1.165) is 11.5 Å². The number of nitrogens with zero attached hydrogens (tertiary/aromatic N) is 4. The molecular formula is C6H6N4O2S. The highest BCUT2D eigenvalue weighted by Crippen LogP contribution is 2.21. The van der Waals surface area contributed by atoms with Crippen LogP contribution in [0.15, 0.2) is 18.6 Å². The minimum absolute atomic E-state index is 0.307. The minimum Gasteiger partial charge on any atom is -0.364 e. The van der Waals surface area contributed by atoms with E-state index in [-0.39, 0.29) is 0 Å². The molecule has 2 aromatic rings. The molecule has 0 unspecified atom stereocenters. The van der Waals surface area contributed by atoms with E-state index in [1.165, 1.54) is 23.4 Å². The summed E-state index contributed by atoms with van der Waals surface area (Å²) in [5.74, 6) is 0. The van der Waals surface area contributed by atoms with Crippen molar-refractivity contribution in [1.82, 2.24) is 19.4 Å². The van der Waals surface area contributed by atoms with Crippen LogP contribution >= 0.6 is 11.5 Å². The van der Waals surface area contributed by atoms with E-state index in [4.69, 9.17) is 10.2 Å². The van der Waals surface area contributed by atoms with Crippen LogP contribution in [0.3, 0.4) is 0 Å². The Morgan fingerprint density at radius 2 is 2.00 bits per heavy atom. The van der Waals surface area contributed by atoms with Crippen molar-refractivity contribution in [2.75, 3.05) is 0 Å². The van der Waals surface area contributed by atoms with E-state index in [1.54, 1.807) is 0 Å². The molecule has 0 aromatic carbocycles. The lowest BCUT2D eigenvalue weighted by Gasteiger charge is -2.01. The molecule has 0 saturated heterocycles. The molecule has 7 heteroatoms. The van der Waals surface area contributed by atoms with Gasteiger partial charge in [-0.3, -0.25) is 0 Å². The van der Waals surface area contributed by atoms with Crippen LogP contribution in [0.4, 0.5) is 0 Å². The van der Waals surface area contributed by atoms with E-state index in [0.29, 0.717) is 10.6 Å². The Hall–Kier alpha value is -1.31. The molecule has 0 saturated carbocycles. The van der Waals surface area contributed by atoms with Gasteiger partial charge in [-0.25, -0.2) is 0 Å². The van der Waals surface area contributed by atoms with Crippen molar-refractivity contribution in [3.8, 4) is 5.00 Å². The van der Waals surface area contributed by atoms with Crippen molar-refractivity contribution in [3.05, 3.63) is 24.2 Å². The second-order valence-corrected chi connectivity index (χ2v) is 3.06. The molecular weight excluding hydrogens is 192 g/mol. The summed E-state index contributed by atoms with van der Waals surface area (Å²) in [6.07, 6.45) is 2.86. The lowest BCUT2D eigenvalue weighted by molar-refractivity contribution is -0.0424. The van der Waals surface area contributed by atoms with E-state index >= 15 is 0 Å². The first-order valence-corrected chi connectivity index (χ1v) is 4.24. The molecule has 0 aliphatic rings. The zero-order valence-corrected chi connectivity index (χ0v) is 7.22. The van der Waals surface area contributed by atoms with Crippen molar-refractivity contribution in [2.24, 2.45) is 0 Å². The SMILES string of the molecule is OC(O)c1cnsc1-n1nccn1. The topological polar surface area (TPSA) is 84.1 Å². The van der Waals surface area contributed by atoms with Gasteiger partial charge in [0.05, 0.1) is 24.2 Å². The Morgan fingerprint density at radius 1 is 1.31 bits per heavy atom.